The van der Waals surface area contributed by atoms with Crippen molar-refractivity contribution in [2.75, 3.05) is 25.0 Å². The normalized spacial score (nSPS) is 15.5. The number of likely N-dealkylation sites (tertiary alicyclic amines) is 1. The van der Waals surface area contributed by atoms with E-state index in [0.717, 1.165) is 5.56 Å². The molecule has 0 bridgehead atoms. The Morgan fingerprint density at radius 2 is 1.73 bits per heavy atom. The number of hydrogen-bond acceptors (Lipinski definition) is 6. The fraction of sp³-hybridized carbons (Fsp3) is 0.348. The van der Waals surface area contributed by atoms with Gasteiger partial charge in [0.2, 0.25) is 15.9 Å². The minimum Gasteiger partial charge on any atom is -0.455 e. The molecule has 0 radical (unpaired) electrons. The second-order valence-corrected chi connectivity index (χ2v) is 9.63. The Balaban J connectivity index is 1.71. The number of sulfonamides is 1. The van der Waals surface area contributed by atoms with Gasteiger partial charge in [-0.05, 0) is 43.0 Å². The second kappa shape index (κ2) is 9.72. The van der Waals surface area contributed by atoms with E-state index in [2.05, 4.69) is 5.32 Å². The number of benzene rings is 2. The van der Waals surface area contributed by atoms with Crippen molar-refractivity contribution in [2.24, 2.45) is 5.14 Å². The molecule has 2 amide bonds. The zero-order valence-electron chi connectivity index (χ0n) is 18.5. The molecule has 1 aliphatic rings. The van der Waals surface area contributed by atoms with Crippen LogP contribution in [-0.2, 0) is 34.6 Å². The van der Waals surface area contributed by atoms with Crippen LogP contribution in [0.3, 0.4) is 0 Å². The van der Waals surface area contributed by atoms with Crippen LogP contribution in [0, 0.1) is 6.92 Å². The summed E-state index contributed by atoms with van der Waals surface area (Å²) in [4.78, 5) is 38.9. The van der Waals surface area contributed by atoms with Crippen molar-refractivity contribution < 1.29 is 27.5 Å². The van der Waals surface area contributed by atoms with Gasteiger partial charge in [-0.3, -0.25) is 14.4 Å². The van der Waals surface area contributed by atoms with Gasteiger partial charge >= 0.3 is 5.97 Å². The molecule has 3 rings (SSSR count). The van der Waals surface area contributed by atoms with E-state index in [0.29, 0.717) is 31.5 Å². The molecule has 0 spiro atoms. The van der Waals surface area contributed by atoms with Crippen LogP contribution < -0.4 is 10.5 Å². The number of amides is 2. The Morgan fingerprint density at radius 3 is 2.30 bits per heavy atom. The van der Waals surface area contributed by atoms with E-state index in [1.807, 2.05) is 30.3 Å². The average Bonchev–Trinajstić information content (AvgIpc) is 2.78. The molecule has 0 atom stereocenters. The third-order valence-corrected chi connectivity index (χ3v) is 6.95. The highest BCUT2D eigenvalue weighted by Gasteiger charge is 2.44. The molecular weight excluding hydrogens is 446 g/mol. The van der Waals surface area contributed by atoms with Crippen LogP contribution in [0.4, 0.5) is 5.69 Å². The van der Waals surface area contributed by atoms with Crippen LogP contribution in [0.1, 0.15) is 30.9 Å². The monoisotopic (exact) mass is 473 g/mol. The molecule has 3 N–H and O–H groups in total. The van der Waals surface area contributed by atoms with Crippen molar-refractivity contribution in [1.29, 1.82) is 0 Å². The van der Waals surface area contributed by atoms with E-state index < -0.39 is 33.9 Å². The summed E-state index contributed by atoms with van der Waals surface area (Å²) in [6.45, 7) is 3.36. The number of nitrogens with one attached hydrogen (secondary N) is 1. The molecule has 2 aromatic carbocycles. The molecule has 1 heterocycles. The quantitative estimate of drug-likeness (QED) is 0.613. The molecule has 1 saturated heterocycles. The van der Waals surface area contributed by atoms with Crippen LogP contribution in [0.25, 0.3) is 0 Å². The average molecular weight is 474 g/mol. The van der Waals surface area contributed by atoms with Gasteiger partial charge < -0.3 is 15.0 Å². The lowest BCUT2D eigenvalue weighted by Crippen LogP contribution is -2.49. The molecule has 0 aliphatic carbocycles. The zero-order valence-corrected chi connectivity index (χ0v) is 19.4. The fourth-order valence-electron chi connectivity index (χ4n) is 4.02. The van der Waals surface area contributed by atoms with Gasteiger partial charge in [-0.25, -0.2) is 13.6 Å². The van der Waals surface area contributed by atoms with Gasteiger partial charge in [0.25, 0.3) is 5.91 Å². The first-order valence-corrected chi connectivity index (χ1v) is 12.0. The van der Waals surface area contributed by atoms with Gasteiger partial charge in [0, 0.05) is 25.7 Å². The van der Waals surface area contributed by atoms with E-state index in [4.69, 9.17) is 9.88 Å². The topological polar surface area (TPSA) is 136 Å². The van der Waals surface area contributed by atoms with Crippen LogP contribution in [-0.4, -0.2) is 50.8 Å². The van der Waals surface area contributed by atoms with Crippen molar-refractivity contribution in [3.8, 4) is 0 Å². The van der Waals surface area contributed by atoms with Crippen molar-refractivity contribution in [3.63, 3.8) is 0 Å². The molecule has 0 aromatic heterocycles. The Kier molecular flexibility index (Phi) is 7.19. The maximum atomic E-state index is 13.2. The third kappa shape index (κ3) is 5.58. The van der Waals surface area contributed by atoms with Gasteiger partial charge in [0.15, 0.2) is 6.61 Å². The third-order valence-electron chi connectivity index (χ3n) is 5.89. The number of nitrogens with zero attached hydrogens (tertiary/aromatic N) is 1. The largest absolute Gasteiger partial charge is 0.455 e. The molecule has 2 aromatic rings. The second-order valence-electron chi connectivity index (χ2n) is 8.10. The zero-order chi connectivity index (χ0) is 24.2. The number of hydrogen-bond donors (Lipinski definition) is 2. The van der Waals surface area contributed by atoms with Crippen LogP contribution >= 0.6 is 0 Å². The van der Waals surface area contributed by atoms with Crippen LogP contribution in [0.5, 0.6) is 0 Å². The van der Waals surface area contributed by atoms with E-state index in [9.17, 15) is 22.8 Å². The maximum Gasteiger partial charge on any atom is 0.317 e. The Bertz CT molecular complexity index is 1160. The number of carbonyl (C=O) groups is 3. The lowest BCUT2D eigenvalue weighted by atomic mass is 9.72. The molecular formula is C23H27N3O6S. The van der Waals surface area contributed by atoms with Crippen molar-refractivity contribution in [2.45, 2.75) is 37.0 Å². The predicted octanol–water partition coefficient (Wildman–Crippen LogP) is 1.70. The fourth-order valence-corrected chi connectivity index (χ4v) is 4.83. The number of anilines is 1. The van der Waals surface area contributed by atoms with Crippen LogP contribution in [0.15, 0.2) is 53.4 Å². The summed E-state index contributed by atoms with van der Waals surface area (Å²) < 4.78 is 28.8. The molecule has 1 aliphatic heterocycles. The Hall–Kier alpha value is -3.24. The van der Waals surface area contributed by atoms with Gasteiger partial charge in [-0.2, -0.15) is 0 Å². The number of esters is 1. The molecule has 33 heavy (non-hydrogen) atoms. The Morgan fingerprint density at radius 1 is 1.09 bits per heavy atom. The minimum absolute atomic E-state index is 0.0543. The summed E-state index contributed by atoms with van der Waals surface area (Å²) in [6, 6.07) is 13.5. The molecule has 0 unspecified atom stereocenters. The van der Waals surface area contributed by atoms with E-state index in [-0.39, 0.29) is 16.5 Å². The summed E-state index contributed by atoms with van der Waals surface area (Å²) in [5.74, 6) is -1.21. The van der Waals surface area contributed by atoms with Gasteiger partial charge in [-0.15, -0.1) is 0 Å². The van der Waals surface area contributed by atoms with Crippen molar-refractivity contribution >= 4 is 33.5 Å². The highest BCUT2D eigenvalue weighted by Crippen LogP contribution is 2.37. The SMILES string of the molecule is CC(=O)N1CCC(C(=O)OCC(=O)Nc2ccc(C)c(S(N)(=O)=O)c2)(c2ccccc2)CC1. The number of primary sulfonamides is 1. The lowest BCUT2D eigenvalue weighted by molar-refractivity contribution is -0.156. The summed E-state index contributed by atoms with van der Waals surface area (Å²) in [6.07, 6.45) is 0.763. The maximum absolute atomic E-state index is 13.2. The number of piperidine rings is 1. The highest BCUT2D eigenvalue weighted by atomic mass is 32.2. The standard InChI is InChI=1S/C23H27N3O6S/c1-16-8-9-19(14-20(16)33(24,30)31)25-21(28)15-32-22(29)23(18-6-4-3-5-7-18)10-12-26(13-11-23)17(2)27/h3-9,14H,10-13,15H2,1-2H3,(H,25,28)(H2,24,30,31). The molecule has 9 nitrogen and oxygen atoms in total. The first kappa shape index (κ1) is 24.4. The number of rotatable bonds is 6. The van der Waals surface area contributed by atoms with Crippen LogP contribution in [0.2, 0.25) is 0 Å². The first-order valence-electron chi connectivity index (χ1n) is 10.4. The molecule has 10 heteroatoms. The predicted molar refractivity (Wildman–Crippen MR) is 122 cm³/mol. The number of aryl methyl sites for hydroxylation is 1. The van der Waals surface area contributed by atoms with Gasteiger partial charge in [0.05, 0.1) is 10.3 Å². The Labute approximate surface area is 193 Å². The minimum atomic E-state index is -3.95. The molecule has 1 fully saturated rings. The van der Waals surface area contributed by atoms with Crippen molar-refractivity contribution in [3.05, 3.63) is 59.7 Å². The van der Waals surface area contributed by atoms with E-state index >= 15 is 0 Å². The number of ether oxygens (including phenoxy) is 1. The van der Waals surface area contributed by atoms with Crippen molar-refractivity contribution in [1.82, 2.24) is 4.90 Å². The summed E-state index contributed by atoms with van der Waals surface area (Å²) in [5.41, 5.74) is 0.481. The molecule has 176 valence electrons. The number of carbonyl (C=O) groups excluding carboxylic acids is 3. The van der Waals surface area contributed by atoms with E-state index in [1.165, 1.54) is 25.1 Å². The smallest absolute Gasteiger partial charge is 0.317 e. The molecule has 0 saturated carbocycles. The highest BCUT2D eigenvalue weighted by molar-refractivity contribution is 7.89. The number of nitrogens with two attached hydrogens (primary N) is 1. The summed E-state index contributed by atoms with van der Waals surface area (Å²) >= 11 is 0. The van der Waals surface area contributed by atoms with Gasteiger partial charge in [-0.1, -0.05) is 36.4 Å². The van der Waals surface area contributed by atoms with Gasteiger partial charge in [0.1, 0.15) is 0 Å². The first-order chi connectivity index (χ1) is 15.5. The summed E-state index contributed by atoms with van der Waals surface area (Å²) in [5, 5.41) is 7.73. The lowest BCUT2D eigenvalue weighted by Gasteiger charge is -2.40. The summed E-state index contributed by atoms with van der Waals surface area (Å²) in [7, 11) is -3.95. The van der Waals surface area contributed by atoms with E-state index in [1.54, 1.807) is 11.8 Å².